The predicted octanol–water partition coefficient (Wildman–Crippen LogP) is 2.15. The third kappa shape index (κ3) is 4.52. The summed E-state index contributed by atoms with van der Waals surface area (Å²) in [7, 11) is 1.54. The van der Waals surface area contributed by atoms with Gasteiger partial charge in [-0.1, -0.05) is 11.6 Å². The van der Waals surface area contributed by atoms with E-state index >= 15 is 0 Å². The normalized spacial score (nSPS) is 10.6. The van der Waals surface area contributed by atoms with E-state index in [0.717, 1.165) is 10.6 Å². The lowest BCUT2D eigenvalue weighted by atomic mass is 10.2. The first-order valence-electron chi connectivity index (χ1n) is 8.59. The SMILES string of the molecule is CCOC(=O)c1cc(C(=O)Cn2cnc(Cl)cc2=O)n(-c2ccc(OC)cc2)n1. The van der Waals surface area contributed by atoms with E-state index in [9.17, 15) is 14.4 Å². The molecule has 0 saturated heterocycles. The summed E-state index contributed by atoms with van der Waals surface area (Å²) >= 11 is 5.68. The molecule has 0 amide bonds. The summed E-state index contributed by atoms with van der Waals surface area (Å²) in [6, 6.07) is 9.21. The molecule has 1 aromatic carbocycles. The minimum Gasteiger partial charge on any atom is -0.497 e. The van der Waals surface area contributed by atoms with Crippen LogP contribution >= 0.6 is 11.6 Å². The lowest BCUT2D eigenvalue weighted by Gasteiger charge is -2.08. The zero-order valence-corrected chi connectivity index (χ0v) is 16.4. The average Bonchev–Trinajstić information content (AvgIpc) is 3.16. The Kier molecular flexibility index (Phi) is 6.08. The molecule has 150 valence electrons. The van der Waals surface area contributed by atoms with Crippen molar-refractivity contribution in [1.82, 2.24) is 19.3 Å². The second-order valence-electron chi connectivity index (χ2n) is 5.85. The van der Waals surface area contributed by atoms with E-state index < -0.39 is 17.3 Å². The average molecular weight is 417 g/mol. The van der Waals surface area contributed by atoms with Gasteiger partial charge in [-0.05, 0) is 31.2 Å². The van der Waals surface area contributed by atoms with E-state index in [2.05, 4.69) is 10.1 Å². The van der Waals surface area contributed by atoms with E-state index in [1.165, 1.54) is 24.2 Å². The van der Waals surface area contributed by atoms with Gasteiger partial charge < -0.3 is 9.47 Å². The van der Waals surface area contributed by atoms with Gasteiger partial charge in [0.25, 0.3) is 5.56 Å². The zero-order valence-electron chi connectivity index (χ0n) is 15.7. The van der Waals surface area contributed by atoms with Crippen molar-refractivity contribution < 1.29 is 19.1 Å². The number of hydrogen-bond acceptors (Lipinski definition) is 7. The number of carbonyl (C=O) groups is 2. The Hall–Kier alpha value is -3.46. The highest BCUT2D eigenvalue weighted by molar-refractivity contribution is 6.29. The molecule has 0 fully saturated rings. The molecule has 3 aromatic rings. The molecule has 29 heavy (non-hydrogen) atoms. The first-order chi connectivity index (χ1) is 13.9. The molecule has 0 aliphatic heterocycles. The molecule has 2 aromatic heterocycles. The van der Waals surface area contributed by atoms with Gasteiger partial charge in [0.2, 0.25) is 5.78 Å². The fourth-order valence-corrected chi connectivity index (χ4v) is 2.70. The van der Waals surface area contributed by atoms with Crippen LogP contribution in [0.1, 0.15) is 27.9 Å². The van der Waals surface area contributed by atoms with Crippen LogP contribution in [-0.4, -0.2) is 44.8 Å². The maximum Gasteiger partial charge on any atom is 0.358 e. The minimum atomic E-state index is -0.654. The van der Waals surface area contributed by atoms with Crippen molar-refractivity contribution in [1.29, 1.82) is 0 Å². The molecule has 0 N–H and O–H groups in total. The molecule has 2 heterocycles. The Labute approximate surface area is 170 Å². The van der Waals surface area contributed by atoms with E-state index in [4.69, 9.17) is 21.1 Å². The molecule has 0 unspecified atom stereocenters. The molecule has 0 bridgehead atoms. The Morgan fingerprint density at radius 1 is 1.17 bits per heavy atom. The fraction of sp³-hybridized carbons (Fsp3) is 0.211. The van der Waals surface area contributed by atoms with E-state index in [-0.39, 0.29) is 29.7 Å². The smallest absolute Gasteiger partial charge is 0.358 e. The first-order valence-corrected chi connectivity index (χ1v) is 8.97. The molecule has 0 aliphatic carbocycles. The first kappa shape index (κ1) is 20.3. The van der Waals surface area contributed by atoms with Crippen molar-refractivity contribution >= 4 is 23.4 Å². The van der Waals surface area contributed by atoms with Crippen molar-refractivity contribution in [2.75, 3.05) is 13.7 Å². The van der Waals surface area contributed by atoms with Gasteiger partial charge in [0.1, 0.15) is 16.6 Å². The summed E-state index contributed by atoms with van der Waals surface area (Å²) in [5.41, 5.74) is 0.151. The van der Waals surface area contributed by atoms with Gasteiger partial charge in [0.15, 0.2) is 5.69 Å². The number of Topliss-reactive ketones (excluding diaryl/α,β-unsaturated/α-hetero) is 1. The zero-order chi connectivity index (χ0) is 21.0. The van der Waals surface area contributed by atoms with Crippen LogP contribution in [0.2, 0.25) is 5.15 Å². The molecule has 3 rings (SSSR count). The lowest BCUT2D eigenvalue weighted by Crippen LogP contribution is -2.25. The Bertz CT molecular complexity index is 1100. The van der Waals surface area contributed by atoms with Crippen LogP contribution < -0.4 is 10.3 Å². The summed E-state index contributed by atoms with van der Waals surface area (Å²) < 4.78 is 12.5. The minimum absolute atomic E-state index is 0.0207. The number of ketones is 1. The largest absolute Gasteiger partial charge is 0.497 e. The maximum absolute atomic E-state index is 12.9. The number of esters is 1. The Morgan fingerprint density at radius 2 is 1.90 bits per heavy atom. The molecule has 10 heteroatoms. The maximum atomic E-state index is 12.9. The monoisotopic (exact) mass is 416 g/mol. The highest BCUT2D eigenvalue weighted by Gasteiger charge is 2.21. The molecule has 0 saturated carbocycles. The van der Waals surface area contributed by atoms with Crippen LogP contribution in [-0.2, 0) is 11.3 Å². The number of ether oxygens (including phenoxy) is 2. The van der Waals surface area contributed by atoms with Crippen LogP contribution in [0.4, 0.5) is 0 Å². The summed E-state index contributed by atoms with van der Waals surface area (Å²) in [5, 5.41) is 4.24. The number of aromatic nitrogens is 4. The summed E-state index contributed by atoms with van der Waals surface area (Å²) in [6.07, 6.45) is 1.18. The second-order valence-corrected chi connectivity index (χ2v) is 6.23. The predicted molar refractivity (Wildman–Crippen MR) is 104 cm³/mol. The molecule has 9 nitrogen and oxygen atoms in total. The molecule has 0 radical (unpaired) electrons. The van der Waals surface area contributed by atoms with Crippen LogP contribution in [0.5, 0.6) is 5.75 Å². The number of benzene rings is 1. The van der Waals surface area contributed by atoms with Crippen LogP contribution in [0, 0.1) is 0 Å². The number of halogens is 1. The summed E-state index contributed by atoms with van der Waals surface area (Å²) in [5.74, 6) is -0.479. The lowest BCUT2D eigenvalue weighted by molar-refractivity contribution is 0.0519. The topological polar surface area (TPSA) is 105 Å². The molecule has 0 aliphatic rings. The van der Waals surface area contributed by atoms with Gasteiger partial charge in [-0.3, -0.25) is 14.2 Å². The van der Waals surface area contributed by atoms with E-state index in [0.29, 0.717) is 11.4 Å². The number of nitrogens with zero attached hydrogens (tertiary/aromatic N) is 4. The quantitative estimate of drug-likeness (QED) is 0.330. The van der Waals surface area contributed by atoms with Gasteiger partial charge in [-0.15, -0.1) is 0 Å². The second kappa shape index (κ2) is 8.70. The van der Waals surface area contributed by atoms with Gasteiger partial charge in [-0.25, -0.2) is 14.5 Å². The van der Waals surface area contributed by atoms with Gasteiger partial charge in [0, 0.05) is 12.1 Å². The van der Waals surface area contributed by atoms with Crippen molar-refractivity contribution in [3.05, 3.63) is 69.6 Å². The van der Waals surface area contributed by atoms with Crippen LogP contribution in [0.3, 0.4) is 0 Å². The fourth-order valence-electron chi connectivity index (χ4n) is 2.56. The van der Waals surface area contributed by atoms with Gasteiger partial charge >= 0.3 is 5.97 Å². The summed E-state index contributed by atoms with van der Waals surface area (Å²) in [4.78, 5) is 40.8. The molecular formula is C19H17ClN4O5. The van der Waals surface area contributed by atoms with E-state index in [1.807, 2.05) is 0 Å². The highest BCUT2D eigenvalue weighted by Crippen LogP contribution is 2.18. The Morgan fingerprint density at radius 3 is 2.52 bits per heavy atom. The molecule has 0 atom stereocenters. The molecule has 0 spiro atoms. The third-order valence-electron chi connectivity index (χ3n) is 3.96. The Balaban J connectivity index is 2.01. The van der Waals surface area contributed by atoms with E-state index in [1.54, 1.807) is 31.2 Å². The number of hydrogen-bond donors (Lipinski definition) is 0. The highest BCUT2D eigenvalue weighted by atomic mass is 35.5. The van der Waals surface area contributed by atoms with Crippen molar-refractivity contribution in [2.45, 2.75) is 13.5 Å². The number of methoxy groups -OCH3 is 1. The van der Waals surface area contributed by atoms with Crippen LogP contribution in [0.15, 0.2) is 47.5 Å². The van der Waals surface area contributed by atoms with Crippen LogP contribution in [0.25, 0.3) is 5.69 Å². The summed E-state index contributed by atoms with van der Waals surface area (Å²) in [6.45, 7) is 1.54. The standard InChI is InChI=1S/C19H17ClN4O5/c1-3-29-19(27)14-8-15(16(25)10-23-11-21-17(20)9-18(23)26)24(22-14)12-4-6-13(28-2)7-5-12/h4-9,11H,3,10H2,1-2H3. The van der Waals surface area contributed by atoms with Crippen molar-refractivity contribution in [3.8, 4) is 11.4 Å². The van der Waals surface area contributed by atoms with Gasteiger partial charge in [0.05, 0.1) is 32.3 Å². The molecular weight excluding hydrogens is 400 g/mol. The third-order valence-corrected chi connectivity index (χ3v) is 4.16. The number of rotatable bonds is 7. The number of carbonyl (C=O) groups excluding carboxylic acids is 2. The van der Waals surface area contributed by atoms with Crippen molar-refractivity contribution in [3.63, 3.8) is 0 Å². The van der Waals surface area contributed by atoms with Crippen molar-refractivity contribution in [2.24, 2.45) is 0 Å². The van der Waals surface area contributed by atoms with Gasteiger partial charge in [-0.2, -0.15) is 5.10 Å².